The third-order valence-corrected chi connectivity index (χ3v) is 10.7. The fourth-order valence-electron chi connectivity index (χ4n) is 7.18. The normalized spacial score (nSPS) is 11.7. The second-order valence-electron chi connectivity index (χ2n) is 12.8. The van der Waals surface area contributed by atoms with Crippen LogP contribution in [0.25, 0.3) is 28.3 Å². The van der Waals surface area contributed by atoms with E-state index < -0.39 is 5.54 Å². The van der Waals surface area contributed by atoms with E-state index >= 15 is 0 Å². The largest absolute Gasteiger partial charge is 0.320 e. The maximum atomic E-state index is 12.0. The summed E-state index contributed by atoms with van der Waals surface area (Å²) in [7, 11) is 0. The molecule has 262 valence electrons. The average molecular weight is 782 g/mol. The zero-order valence-corrected chi connectivity index (χ0v) is 31.2. The summed E-state index contributed by atoms with van der Waals surface area (Å²) in [6.07, 6.45) is 5.46. The number of tetrazole rings is 1. The summed E-state index contributed by atoms with van der Waals surface area (Å²) in [6.45, 7) is 2.57. The number of hydrogen-bond acceptors (Lipinski definition) is 6. The number of imidazole rings is 2. The van der Waals surface area contributed by atoms with Crippen LogP contribution in [0.4, 0.5) is 0 Å². The summed E-state index contributed by atoms with van der Waals surface area (Å²) < 4.78 is 6.63. The van der Waals surface area contributed by atoms with Gasteiger partial charge in [-0.3, -0.25) is 9.20 Å². The minimum atomic E-state index is -0.909. The molecule has 0 fully saturated rings. The topological polar surface area (TPSA) is 95.8 Å². The van der Waals surface area contributed by atoms with Gasteiger partial charge in [0.15, 0.2) is 17.3 Å². The summed E-state index contributed by atoms with van der Waals surface area (Å²) in [4.78, 5) is 21.7. The monoisotopic (exact) mass is 780 g/mol. The Bertz CT molecular complexity index is 2430. The van der Waals surface area contributed by atoms with Crippen LogP contribution in [0.3, 0.4) is 0 Å². The molecule has 0 bridgehead atoms. The molecule has 4 heterocycles. The van der Waals surface area contributed by atoms with Crippen molar-refractivity contribution in [1.82, 2.24) is 39.1 Å². The van der Waals surface area contributed by atoms with Gasteiger partial charge < -0.3 is 4.57 Å². The minimum Gasteiger partial charge on any atom is -0.320 e. The van der Waals surface area contributed by atoms with Crippen molar-refractivity contribution in [2.45, 2.75) is 38.3 Å². The number of carbonyl (C=O) groups excluding carboxylic acids is 1. The van der Waals surface area contributed by atoms with Gasteiger partial charge in [0, 0.05) is 30.3 Å². The lowest BCUT2D eigenvalue weighted by atomic mass is 9.77. The van der Waals surface area contributed by atoms with Crippen molar-refractivity contribution in [3.8, 4) is 22.6 Å². The van der Waals surface area contributed by atoms with E-state index in [1.165, 1.54) is 0 Å². The Labute approximate surface area is 320 Å². The van der Waals surface area contributed by atoms with Crippen LogP contribution in [-0.2, 0) is 18.5 Å². The molecule has 4 aromatic heterocycles. The van der Waals surface area contributed by atoms with Gasteiger partial charge in [-0.25, -0.2) is 14.6 Å². The molecule has 53 heavy (non-hydrogen) atoms. The first-order chi connectivity index (χ1) is 26.0. The molecule has 8 aromatic rings. The van der Waals surface area contributed by atoms with Gasteiger partial charge in [-0.2, -0.15) is 0 Å². The molecule has 4 aromatic carbocycles. The molecule has 8 rings (SSSR count). The van der Waals surface area contributed by atoms with Gasteiger partial charge in [0.1, 0.15) is 33.0 Å². The van der Waals surface area contributed by atoms with Crippen LogP contribution in [-0.4, -0.2) is 45.4 Å². The second-order valence-corrected chi connectivity index (χ2v) is 13.9. The Morgan fingerprint density at radius 2 is 1.40 bits per heavy atom. The van der Waals surface area contributed by atoms with E-state index in [0.717, 1.165) is 80.7 Å². The zero-order chi connectivity index (χ0) is 36.4. The van der Waals surface area contributed by atoms with Crippen LogP contribution in [0.15, 0.2) is 138 Å². The number of carbonyl (C=O) groups is 1. The van der Waals surface area contributed by atoms with Gasteiger partial charge in [-0.05, 0) is 67.2 Å². The molecule has 0 unspecified atom stereocenters. The maximum Gasteiger partial charge on any atom is 0.184 e. The van der Waals surface area contributed by atoms with E-state index in [1.54, 1.807) is 0 Å². The van der Waals surface area contributed by atoms with E-state index in [4.69, 9.17) is 26.9 Å². The fourth-order valence-corrected chi connectivity index (χ4v) is 8.02. The van der Waals surface area contributed by atoms with E-state index in [2.05, 4.69) is 69.4 Å². The summed E-state index contributed by atoms with van der Waals surface area (Å²) in [5, 5.41) is 14.0. The molecule has 0 aliphatic heterocycles. The number of nitrogens with zero attached hydrogens (tertiary/aromatic N) is 8. The van der Waals surface area contributed by atoms with Crippen molar-refractivity contribution in [1.29, 1.82) is 0 Å². The van der Waals surface area contributed by atoms with Crippen molar-refractivity contribution in [2.24, 2.45) is 0 Å². The molecule has 11 heteroatoms. The highest BCUT2D eigenvalue weighted by atomic mass is 79.9. The molecule has 0 aliphatic rings. The van der Waals surface area contributed by atoms with Gasteiger partial charge in [0.2, 0.25) is 0 Å². The van der Waals surface area contributed by atoms with Crippen LogP contribution in [0, 0.1) is 0 Å². The van der Waals surface area contributed by atoms with Gasteiger partial charge in [-0.15, -0.1) is 5.10 Å². The first-order valence-electron chi connectivity index (χ1n) is 17.5. The molecule has 0 radical (unpaired) electrons. The lowest BCUT2D eigenvalue weighted by Crippen LogP contribution is -2.39. The molecule has 0 amide bonds. The summed E-state index contributed by atoms with van der Waals surface area (Å²) in [5.41, 5.74) is 6.62. The van der Waals surface area contributed by atoms with Crippen molar-refractivity contribution in [2.75, 3.05) is 0 Å². The number of fused-ring (bicyclic) bond motifs is 1. The number of unbranched alkanes of at least 4 members (excludes halogenated alkanes) is 1. The number of pyridine rings is 1. The lowest BCUT2D eigenvalue weighted by molar-refractivity contribution is 0.111. The zero-order valence-electron chi connectivity index (χ0n) is 28.8. The van der Waals surface area contributed by atoms with Crippen molar-refractivity contribution in [3.63, 3.8) is 0 Å². The third kappa shape index (κ3) is 6.07. The third-order valence-electron chi connectivity index (χ3n) is 9.66. The van der Waals surface area contributed by atoms with Crippen LogP contribution in [0.5, 0.6) is 0 Å². The highest BCUT2D eigenvalue weighted by molar-refractivity contribution is 9.10. The van der Waals surface area contributed by atoms with E-state index in [-0.39, 0.29) is 5.15 Å². The molecule has 0 atom stereocenters. The number of rotatable bonds is 12. The average Bonchev–Trinajstić information content (AvgIpc) is 3.90. The minimum absolute atomic E-state index is 0.229. The number of benzene rings is 4. The van der Waals surface area contributed by atoms with E-state index in [0.29, 0.717) is 18.1 Å². The molecule has 0 saturated carbocycles. The Balaban J connectivity index is 1.27. The maximum absolute atomic E-state index is 12.0. The molecular formula is C42H34BrClN8O. The highest BCUT2D eigenvalue weighted by Crippen LogP contribution is 2.44. The highest BCUT2D eigenvalue weighted by Gasteiger charge is 2.42. The Morgan fingerprint density at radius 1 is 0.792 bits per heavy atom. The Kier molecular flexibility index (Phi) is 9.55. The van der Waals surface area contributed by atoms with Crippen LogP contribution >= 0.6 is 27.5 Å². The standard InChI is InChI=1S/C42H34BrClN8O/c1-2-3-23-36-46-40(44)35(28-53)51(36)27-29-24-25-50-37(26-29)45-38(39(50)43)33-21-13-14-22-34(33)41-47-48-49-52(41)42(30-15-7-4-8-16-30,31-17-9-5-10-18-31)32-19-11-6-12-20-32/h4-22,24-26,28H,2-3,23,27H2,1H3. The molecular weight excluding hydrogens is 748 g/mol. The quantitative estimate of drug-likeness (QED) is 0.0906. The van der Waals surface area contributed by atoms with Crippen molar-refractivity contribution in [3.05, 3.63) is 177 Å². The predicted octanol–water partition coefficient (Wildman–Crippen LogP) is 9.31. The predicted molar refractivity (Wildman–Crippen MR) is 210 cm³/mol. The van der Waals surface area contributed by atoms with E-state index in [1.807, 2.05) is 111 Å². The number of aryl methyl sites for hydroxylation is 1. The Hall–Kier alpha value is -5.71. The lowest BCUT2D eigenvalue weighted by Gasteiger charge is -2.36. The van der Waals surface area contributed by atoms with Gasteiger partial charge in [0.25, 0.3) is 0 Å². The van der Waals surface area contributed by atoms with Gasteiger partial charge in [-0.1, -0.05) is 140 Å². The smallest absolute Gasteiger partial charge is 0.184 e. The number of aldehydes is 1. The van der Waals surface area contributed by atoms with Crippen molar-refractivity contribution >= 4 is 39.5 Å². The molecule has 9 nitrogen and oxygen atoms in total. The van der Waals surface area contributed by atoms with Crippen molar-refractivity contribution < 1.29 is 4.79 Å². The number of hydrogen-bond donors (Lipinski definition) is 0. The molecule has 0 spiro atoms. The summed E-state index contributed by atoms with van der Waals surface area (Å²) in [5.74, 6) is 1.38. The summed E-state index contributed by atoms with van der Waals surface area (Å²) >= 11 is 10.3. The number of halogens is 2. The SMILES string of the molecule is CCCCc1nc(Cl)c(C=O)n1Cc1ccn2c(Br)c(-c3ccccc3-c3nnnn3C(c3ccccc3)(c3ccccc3)c3ccccc3)nc2c1. The van der Waals surface area contributed by atoms with Crippen LogP contribution < -0.4 is 0 Å². The first kappa shape index (κ1) is 34.4. The molecule has 0 aliphatic carbocycles. The fraction of sp³-hybridized carbons (Fsp3) is 0.143. The molecule has 0 N–H and O–H groups in total. The van der Waals surface area contributed by atoms with Crippen LogP contribution in [0.1, 0.15) is 58.3 Å². The van der Waals surface area contributed by atoms with Crippen LogP contribution in [0.2, 0.25) is 5.15 Å². The van der Waals surface area contributed by atoms with Gasteiger partial charge >= 0.3 is 0 Å². The number of aromatic nitrogens is 8. The summed E-state index contributed by atoms with van der Waals surface area (Å²) in [6, 6.07) is 43.2. The Morgan fingerprint density at radius 3 is 2.00 bits per heavy atom. The van der Waals surface area contributed by atoms with E-state index in [9.17, 15) is 4.79 Å². The molecule has 0 saturated heterocycles. The first-order valence-corrected chi connectivity index (χ1v) is 18.6. The second kappa shape index (κ2) is 14.7. The van der Waals surface area contributed by atoms with Gasteiger partial charge in [0.05, 0.1) is 0 Å².